The fraction of sp³-hybridized carbons (Fsp3) is 0.200. The molecule has 34 heavy (non-hydrogen) atoms. The van der Waals surface area contributed by atoms with Crippen LogP contribution in [0.3, 0.4) is 0 Å². The van der Waals surface area contributed by atoms with Gasteiger partial charge in [0.25, 0.3) is 5.56 Å². The highest BCUT2D eigenvalue weighted by Crippen LogP contribution is 2.42. The molecule has 0 unspecified atom stereocenters. The summed E-state index contributed by atoms with van der Waals surface area (Å²) in [4.78, 5) is 18.5. The first-order valence-electron chi connectivity index (χ1n) is 10.3. The maximum absolute atomic E-state index is 14.1. The highest BCUT2D eigenvalue weighted by molar-refractivity contribution is 7.98. The number of hydrogen-bond acceptors (Lipinski definition) is 7. The van der Waals surface area contributed by atoms with Gasteiger partial charge in [-0.3, -0.25) is 9.36 Å². The fourth-order valence-electron chi connectivity index (χ4n) is 3.67. The molecule has 0 aliphatic rings. The summed E-state index contributed by atoms with van der Waals surface area (Å²) in [5, 5.41) is 0.611. The monoisotopic (exact) mass is 482 g/mol. The lowest BCUT2D eigenvalue weighted by molar-refractivity contribution is 0.326. The largest absolute Gasteiger partial charge is 0.496 e. The number of fused-ring (bicyclic) bond motifs is 1. The van der Waals surface area contributed by atoms with Crippen LogP contribution in [-0.2, 0) is 5.75 Å². The van der Waals surface area contributed by atoms with E-state index in [1.807, 2.05) is 24.3 Å². The number of nitrogens with zero attached hydrogens (tertiary/aromatic N) is 2. The Morgan fingerprint density at radius 1 is 0.882 bits per heavy atom. The molecule has 0 aliphatic carbocycles. The first kappa shape index (κ1) is 23.4. The molecule has 0 N–H and O–H groups in total. The Hall–Kier alpha value is -3.72. The molecule has 3 aromatic carbocycles. The van der Waals surface area contributed by atoms with Gasteiger partial charge in [-0.2, -0.15) is 0 Å². The van der Waals surface area contributed by atoms with Crippen molar-refractivity contribution < 1.29 is 23.3 Å². The molecule has 7 nitrogen and oxygen atoms in total. The molecule has 176 valence electrons. The zero-order valence-electron chi connectivity index (χ0n) is 19.1. The van der Waals surface area contributed by atoms with E-state index < -0.39 is 11.4 Å². The number of halogens is 1. The highest BCUT2D eigenvalue weighted by atomic mass is 32.2. The molecule has 0 radical (unpaired) electrons. The summed E-state index contributed by atoms with van der Waals surface area (Å²) in [5.41, 5.74) is 1.21. The Kier molecular flexibility index (Phi) is 6.93. The molecule has 4 aromatic rings. The van der Waals surface area contributed by atoms with E-state index in [0.29, 0.717) is 33.6 Å². The number of thioether (sulfide) groups is 1. The Morgan fingerprint density at radius 3 is 2.29 bits per heavy atom. The van der Waals surface area contributed by atoms with Gasteiger partial charge in [0.2, 0.25) is 5.75 Å². The number of aromatic nitrogens is 2. The third kappa shape index (κ3) is 4.26. The predicted molar refractivity (Wildman–Crippen MR) is 130 cm³/mol. The van der Waals surface area contributed by atoms with Crippen LogP contribution in [-0.4, -0.2) is 38.0 Å². The van der Waals surface area contributed by atoms with E-state index >= 15 is 0 Å². The third-order valence-corrected chi connectivity index (χ3v) is 6.24. The zero-order chi connectivity index (χ0) is 24.2. The third-order valence-electron chi connectivity index (χ3n) is 5.25. The van der Waals surface area contributed by atoms with Crippen LogP contribution in [0.5, 0.6) is 23.0 Å². The van der Waals surface area contributed by atoms with E-state index in [0.717, 1.165) is 11.3 Å². The van der Waals surface area contributed by atoms with Crippen molar-refractivity contribution in [3.05, 3.63) is 76.3 Å². The van der Waals surface area contributed by atoms with Crippen LogP contribution in [0.15, 0.2) is 64.5 Å². The van der Waals surface area contributed by atoms with Crippen molar-refractivity contribution in [3.63, 3.8) is 0 Å². The fourth-order valence-corrected chi connectivity index (χ4v) is 4.67. The van der Waals surface area contributed by atoms with Crippen LogP contribution >= 0.6 is 11.8 Å². The smallest absolute Gasteiger partial charge is 0.266 e. The molecule has 1 heterocycles. The average molecular weight is 483 g/mol. The second kappa shape index (κ2) is 10.0. The minimum absolute atomic E-state index is 0.250. The lowest BCUT2D eigenvalue weighted by atomic mass is 10.2. The molecule has 0 fully saturated rings. The topological polar surface area (TPSA) is 71.8 Å². The van der Waals surface area contributed by atoms with Crippen molar-refractivity contribution in [1.29, 1.82) is 0 Å². The second-order valence-electron chi connectivity index (χ2n) is 7.16. The maximum atomic E-state index is 14.1. The standard InChI is InChI=1S/C25H23FN2O5S/c1-30-19-11-6-5-8-15(19)14-34-25-27-21-18(13-20(31-2)22(32-3)23(21)33-4)24(29)28(25)17-10-7-9-16(26)12-17/h5-13H,14H2,1-4H3. The number of para-hydroxylation sites is 1. The molecule has 9 heteroatoms. The molecule has 0 saturated heterocycles. The molecule has 0 aliphatic heterocycles. The van der Waals surface area contributed by atoms with Gasteiger partial charge in [-0.1, -0.05) is 36.0 Å². The molecule has 0 atom stereocenters. The molecule has 0 bridgehead atoms. The summed E-state index contributed by atoms with van der Waals surface area (Å²) in [6, 6.07) is 15.0. The van der Waals surface area contributed by atoms with Crippen LogP contribution in [0.25, 0.3) is 16.6 Å². The van der Waals surface area contributed by atoms with Crippen molar-refractivity contribution >= 4 is 22.7 Å². The molecule has 1 aromatic heterocycles. The Balaban J connectivity index is 1.98. The van der Waals surface area contributed by atoms with E-state index in [-0.39, 0.29) is 11.1 Å². The van der Waals surface area contributed by atoms with Gasteiger partial charge in [-0.15, -0.1) is 0 Å². The van der Waals surface area contributed by atoms with Crippen molar-refractivity contribution in [2.75, 3.05) is 28.4 Å². The lowest BCUT2D eigenvalue weighted by Crippen LogP contribution is -2.22. The maximum Gasteiger partial charge on any atom is 0.266 e. The van der Waals surface area contributed by atoms with E-state index in [2.05, 4.69) is 0 Å². The summed E-state index contributed by atoms with van der Waals surface area (Å²) >= 11 is 1.32. The van der Waals surface area contributed by atoms with Crippen LogP contribution in [0, 0.1) is 5.82 Å². The van der Waals surface area contributed by atoms with Gasteiger partial charge in [0.15, 0.2) is 16.7 Å². The van der Waals surface area contributed by atoms with E-state index in [4.69, 9.17) is 23.9 Å². The number of hydrogen-bond donors (Lipinski definition) is 0. The second-order valence-corrected chi connectivity index (χ2v) is 8.10. The van der Waals surface area contributed by atoms with Crippen LogP contribution < -0.4 is 24.5 Å². The molecule has 4 rings (SSSR count). The van der Waals surface area contributed by atoms with Gasteiger partial charge in [-0.05, 0) is 30.3 Å². The van der Waals surface area contributed by atoms with Crippen LogP contribution in [0.4, 0.5) is 4.39 Å². The summed E-state index contributed by atoms with van der Waals surface area (Å²) in [5.74, 6) is 1.65. The molecule has 0 saturated carbocycles. The zero-order valence-corrected chi connectivity index (χ0v) is 19.9. The van der Waals surface area contributed by atoms with Crippen molar-refractivity contribution in [1.82, 2.24) is 9.55 Å². The quantitative estimate of drug-likeness (QED) is 0.263. The number of methoxy groups -OCH3 is 4. The van der Waals surface area contributed by atoms with Crippen molar-refractivity contribution in [3.8, 4) is 28.7 Å². The normalized spacial score (nSPS) is 10.9. The Labute approximate surface area is 200 Å². The van der Waals surface area contributed by atoms with Gasteiger partial charge in [0.1, 0.15) is 17.1 Å². The minimum atomic E-state index is -0.463. The van der Waals surface area contributed by atoms with Gasteiger partial charge in [0, 0.05) is 11.3 Å². The Morgan fingerprint density at radius 2 is 1.62 bits per heavy atom. The van der Waals surface area contributed by atoms with Gasteiger partial charge >= 0.3 is 0 Å². The molecular weight excluding hydrogens is 459 g/mol. The number of benzene rings is 3. The minimum Gasteiger partial charge on any atom is -0.496 e. The van der Waals surface area contributed by atoms with E-state index in [9.17, 15) is 9.18 Å². The summed E-state index contributed by atoms with van der Waals surface area (Å²) in [6.45, 7) is 0. The molecule has 0 spiro atoms. The van der Waals surface area contributed by atoms with E-state index in [1.165, 1.54) is 49.8 Å². The number of ether oxygens (including phenoxy) is 4. The first-order chi connectivity index (χ1) is 16.5. The summed E-state index contributed by atoms with van der Waals surface area (Å²) in [6.07, 6.45) is 0. The highest BCUT2D eigenvalue weighted by Gasteiger charge is 2.23. The summed E-state index contributed by atoms with van der Waals surface area (Å²) < 4.78 is 37.4. The van der Waals surface area contributed by atoms with Gasteiger partial charge in [-0.25, -0.2) is 9.37 Å². The lowest BCUT2D eigenvalue weighted by Gasteiger charge is -2.18. The van der Waals surface area contributed by atoms with E-state index in [1.54, 1.807) is 25.3 Å². The summed E-state index contributed by atoms with van der Waals surface area (Å²) in [7, 11) is 6.03. The van der Waals surface area contributed by atoms with Crippen LogP contribution in [0.2, 0.25) is 0 Å². The molecule has 0 amide bonds. The van der Waals surface area contributed by atoms with Crippen LogP contribution in [0.1, 0.15) is 5.56 Å². The number of rotatable bonds is 8. The molecular formula is C25H23FN2O5S. The van der Waals surface area contributed by atoms with Crippen molar-refractivity contribution in [2.45, 2.75) is 10.9 Å². The first-order valence-corrected chi connectivity index (χ1v) is 11.3. The predicted octanol–water partition coefficient (Wildman–Crippen LogP) is 4.85. The Bertz CT molecular complexity index is 1410. The SMILES string of the molecule is COc1ccccc1CSc1nc2c(OC)c(OC)c(OC)cc2c(=O)n1-c1cccc(F)c1. The van der Waals surface area contributed by atoms with Gasteiger partial charge < -0.3 is 18.9 Å². The van der Waals surface area contributed by atoms with Gasteiger partial charge in [0.05, 0.1) is 39.5 Å². The van der Waals surface area contributed by atoms with Crippen molar-refractivity contribution in [2.24, 2.45) is 0 Å². The average Bonchev–Trinajstić information content (AvgIpc) is 2.86.